The van der Waals surface area contributed by atoms with Crippen LogP contribution in [0.5, 0.6) is 0 Å². The number of rotatable bonds is 2. The Balaban J connectivity index is 1.76. The number of hydrogen-bond donors (Lipinski definition) is 1. The van der Waals surface area contributed by atoms with Crippen LogP contribution in [0.1, 0.15) is 24.4 Å². The molecule has 0 spiro atoms. The van der Waals surface area contributed by atoms with Crippen molar-refractivity contribution in [3.8, 4) is 0 Å². The smallest absolute Gasteiger partial charge is 0.317 e. The van der Waals surface area contributed by atoms with E-state index < -0.39 is 17.7 Å². The maximum Gasteiger partial charge on any atom is 0.322 e. The Morgan fingerprint density at radius 3 is 2.61 bits per heavy atom. The molecule has 0 radical (unpaired) electrons. The molecule has 1 N–H and O–H groups in total. The van der Waals surface area contributed by atoms with Crippen LogP contribution in [0.2, 0.25) is 5.02 Å². The van der Waals surface area contributed by atoms with Crippen molar-refractivity contribution < 1.29 is 13.6 Å². The van der Waals surface area contributed by atoms with Crippen molar-refractivity contribution in [1.82, 2.24) is 4.90 Å². The fourth-order valence-corrected chi connectivity index (χ4v) is 2.95. The van der Waals surface area contributed by atoms with E-state index in [0.717, 1.165) is 30.5 Å². The van der Waals surface area contributed by atoms with Gasteiger partial charge in [-0.3, -0.25) is 0 Å². The first-order valence-electron chi connectivity index (χ1n) is 7.33. The van der Waals surface area contributed by atoms with Crippen molar-refractivity contribution in [2.45, 2.75) is 18.9 Å². The molecule has 0 saturated carbocycles. The summed E-state index contributed by atoms with van der Waals surface area (Å²) in [6.45, 7) is 0.585. The van der Waals surface area contributed by atoms with Crippen LogP contribution in [0, 0.1) is 11.6 Å². The topological polar surface area (TPSA) is 32.3 Å². The number of urea groups is 1. The number of likely N-dealkylation sites (tertiary alicyclic amines) is 1. The van der Waals surface area contributed by atoms with Gasteiger partial charge in [0.15, 0.2) is 0 Å². The summed E-state index contributed by atoms with van der Waals surface area (Å²) in [5.74, 6) is -1.47. The predicted molar refractivity (Wildman–Crippen MR) is 85.5 cm³/mol. The average molecular weight is 337 g/mol. The van der Waals surface area contributed by atoms with Crippen LogP contribution in [0.4, 0.5) is 19.3 Å². The number of amides is 2. The highest BCUT2D eigenvalue weighted by molar-refractivity contribution is 6.30. The maximum atomic E-state index is 13.7. The predicted octanol–water partition coefficient (Wildman–Crippen LogP) is 4.99. The standard InChI is InChI=1S/C17H15ClF2N2O/c18-12-5-3-11(4-6-12)16-2-1-9-22(16)17(23)21-15-8-7-13(19)10-14(15)20/h3-8,10,16H,1-2,9H2,(H,21,23). The zero-order valence-electron chi connectivity index (χ0n) is 12.2. The van der Waals surface area contributed by atoms with Crippen molar-refractivity contribution >= 4 is 23.3 Å². The number of carbonyl (C=O) groups excluding carboxylic acids is 1. The summed E-state index contributed by atoms with van der Waals surface area (Å²) in [4.78, 5) is 14.1. The van der Waals surface area contributed by atoms with E-state index in [0.29, 0.717) is 11.6 Å². The van der Waals surface area contributed by atoms with Gasteiger partial charge in [-0.15, -0.1) is 0 Å². The van der Waals surface area contributed by atoms with Crippen molar-refractivity contribution in [3.63, 3.8) is 0 Å². The molecule has 3 rings (SSSR count). The summed E-state index contributed by atoms with van der Waals surface area (Å²) >= 11 is 5.89. The average Bonchev–Trinajstić information content (AvgIpc) is 3.00. The summed E-state index contributed by atoms with van der Waals surface area (Å²) < 4.78 is 26.6. The Labute approximate surface area is 137 Å². The number of hydrogen-bond acceptors (Lipinski definition) is 1. The van der Waals surface area contributed by atoms with Gasteiger partial charge in [-0.1, -0.05) is 23.7 Å². The van der Waals surface area contributed by atoms with E-state index in [2.05, 4.69) is 5.32 Å². The van der Waals surface area contributed by atoms with Crippen LogP contribution in [0.15, 0.2) is 42.5 Å². The second-order valence-corrected chi connectivity index (χ2v) is 5.89. The van der Waals surface area contributed by atoms with Gasteiger partial charge < -0.3 is 10.2 Å². The second kappa shape index (κ2) is 6.54. The van der Waals surface area contributed by atoms with Gasteiger partial charge in [0.1, 0.15) is 11.6 Å². The first-order valence-corrected chi connectivity index (χ1v) is 7.70. The lowest BCUT2D eigenvalue weighted by Gasteiger charge is -2.25. The molecule has 1 aliphatic rings. The van der Waals surface area contributed by atoms with Crippen LogP contribution in [0.3, 0.4) is 0 Å². The first-order chi connectivity index (χ1) is 11.0. The van der Waals surface area contributed by atoms with E-state index in [-0.39, 0.29) is 11.7 Å². The van der Waals surface area contributed by atoms with Gasteiger partial charge in [-0.05, 0) is 42.7 Å². The number of halogens is 3. The van der Waals surface area contributed by atoms with E-state index in [1.807, 2.05) is 12.1 Å². The minimum atomic E-state index is -0.791. The number of nitrogens with zero attached hydrogens (tertiary/aromatic N) is 1. The minimum absolute atomic E-state index is 0.0295. The van der Waals surface area contributed by atoms with Crippen molar-refractivity contribution in [1.29, 1.82) is 0 Å². The monoisotopic (exact) mass is 336 g/mol. The van der Waals surface area contributed by atoms with Crippen LogP contribution in [-0.4, -0.2) is 17.5 Å². The fourth-order valence-electron chi connectivity index (χ4n) is 2.82. The Morgan fingerprint density at radius 2 is 1.91 bits per heavy atom. The molecule has 2 amide bonds. The van der Waals surface area contributed by atoms with Crippen molar-refractivity contribution in [2.75, 3.05) is 11.9 Å². The van der Waals surface area contributed by atoms with E-state index in [9.17, 15) is 13.6 Å². The molecule has 0 bridgehead atoms. The number of anilines is 1. The molecule has 0 aliphatic carbocycles. The van der Waals surface area contributed by atoms with Crippen LogP contribution in [0.25, 0.3) is 0 Å². The molecule has 2 aromatic carbocycles. The van der Waals surface area contributed by atoms with Gasteiger partial charge in [-0.25, -0.2) is 13.6 Å². The largest absolute Gasteiger partial charge is 0.322 e. The normalized spacial score (nSPS) is 17.3. The fraction of sp³-hybridized carbons (Fsp3) is 0.235. The Bertz CT molecular complexity index is 721. The molecule has 1 saturated heterocycles. The van der Waals surface area contributed by atoms with E-state index in [1.165, 1.54) is 6.07 Å². The third-order valence-corrected chi connectivity index (χ3v) is 4.19. The van der Waals surface area contributed by atoms with Gasteiger partial charge in [0, 0.05) is 17.6 Å². The summed E-state index contributed by atoms with van der Waals surface area (Å²) in [7, 11) is 0. The number of carbonyl (C=O) groups is 1. The molecule has 120 valence electrons. The Hall–Kier alpha value is -2.14. The van der Waals surface area contributed by atoms with Gasteiger partial charge in [0.2, 0.25) is 0 Å². The highest BCUT2D eigenvalue weighted by atomic mass is 35.5. The van der Waals surface area contributed by atoms with Gasteiger partial charge in [0.25, 0.3) is 0 Å². The SMILES string of the molecule is O=C(Nc1ccc(F)cc1F)N1CCCC1c1ccc(Cl)cc1. The number of nitrogens with one attached hydrogen (secondary N) is 1. The van der Waals surface area contributed by atoms with Crippen LogP contribution in [-0.2, 0) is 0 Å². The third kappa shape index (κ3) is 3.45. The summed E-state index contributed by atoms with van der Waals surface area (Å²) in [6, 6.07) is 9.94. The van der Waals surface area contributed by atoms with Crippen molar-refractivity contribution in [3.05, 3.63) is 64.7 Å². The molecule has 3 nitrogen and oxygen atoms in total. The number of benzene rings is 2. The summed E-state index contributed by atoms with van der Waals surface area (Å²) in [5.41, 5.74) is 0.958. The highest BCUT2D eigenvalue weighted by Crippen LogP contribution is 2.33. The molecular weight excluding hydrogens is 322 g/mol. The molecule has 2 aromatic rings. The highest BCUT2D eigenvalue weighted by Gasteiger charge is 2.30. The van der Waals surface area contributed by atoms with Crippen molar-refractivity contribution in [2.24, 2.45) is 0 Å². The molecule has 0 aromatic heterocycles. The Morgan fingerprint density at radius 1 is 1.17 bits per heavy atom. The van der Waals surface area contributed by atoms with Gasteiger partial charge in [-0.2, -0.15) is 0 Å². The lowest BCUT2D eigenvalue weighted by molar-refractivity contribution is 0.207. The molecule has 1 aliphatic heterocycles. The molecule has 23 heavy (non-hydrogen) atoms. The van der Waals surface area contributed by atoms with E-state index in [4.69, 9.17) is 11.6 Å². The Kier molecular flexibility index (Phi) is 4.48. The quantitative estimate of drug-likeness (QED) is 0.823. The zero-order valence-corrected chi connectivity index (χ0v) is 13.0. The maximum absolute atomic E-state index is 13.7. The molecule has 6 heteroatoms. The third-order valence-electron chi connectivity index (χ3n) is 3.94. The van der Waals surface area contributed by atoms with Crippen LogP contribution < -0.4 is 5.32 Å². The summed E-state index contributed by atoms with van der Waals surface area (Å²) in [6.07, 6.45) is 1.70. The summed E-state index contributed by atoms with van der Waals surface area (Å²) in [5, 5.41) is 3.15. The lowest BCUT2D eigenvalue weighted by atomic mass is 10.1. The van der Waals surface area contributed by atoms with Gasteiger partial charge >= 0.3 is 6.03 Å². The lowest BCUT2D eigenvalue weighted by Crippen LogP contribution is -2.34. The second-order valence-electron chi connectivity index (χ2n) is 5.46. The molecule has 1 heterocycles. The van der Waals surface area contributed by atoms with Crippen LogP contribution >= 0.6 is 11.6 Å². The zero-order chi connectivity index (χ0) is 16.4. The first kappa shape index (κ1) is 15.7. The molecule has 1 atom stereocenters. The molecule has 1 fully saturated rings. The molecule has 1 unspecified atom stereocenters. The van der Waals surface area contributed by atoms with Gasteiger partial charge in [0.05, 0.1) is 11.7 Å². The van der Waals surface area contributed by atoms with E-state index in [1.54, 1.807) is 17.0 Å². The molecular formula is C17H15ClF2N2O. The van der Waals surface area contributed by atoms with E-state index >= 15 is 0 Å². The minimum Gasteiger partial charge on any atom is -0.317 e.